The average Bonchev–Trinajstić information content (AvgIpc) is 3.46. The van der Waals surface area contributed by atoms with Gasteiger partial charge >= 0.3 is 6.09 Å². The van der Waals surface area contributed by atoms with E-state index in [2.05, 4.69) is 29.0 Å². The maximum Gasteiger partial charge on any atom is 0.407 e. The molecule has 224 valence electrons. The number of carbonyl (C=O) groups is 1. The zero-order valence-electron chi connectivity index (χ0n) is 24.3. The lowest BCUT2D eigenvalue weighted by atomic mass is 9.91. The number of hydrogen-bond acceptors (Lipinski definition) is 8. The van der Waals surface area contributed by atoms with Gasteiger partial charge in [-0.05, 0) is 27.8 Å². The Morgan fingerprint density at radius 3 is 2.53 bits per heavy atom. The predicted molar refractivity (Wildman–Crippen MR) is 165 cm³/mol. The summed E-state index contributed by atoms with van der Waals surface area (Å²) in [7, 11) is 1.93. The summed E-state index contributed by atoms with van der Waals surface area (Å²) in [4.78, 5) is 12.0. The van der Waals surface area contributed by atoms with Crippen LogP contribution in [0.1, 0.15) is 41.6 Å². The van der Waals surface area contributed by atoms with Crippen LogP contribution in [-0.2, 0) is 34.4 Å². The van der Waals surface area contributed by atoms with Crippen LogP contribution in [0.4, 0.5) is 4.79 Å². The summed E-state index contributed by atoms with van der Waals surface area (Å²) < 4.78 is 20.1. The molecule has 1 fully saturated rings. The van der Waals surface area contributed by atoms with E-state index in [1.165, 1.54) is 6.08 Å². The smallest absolute Gasteiger partial charge is 0.407 e. The number of nitrogens with one attached hydrogen (secondary N) is 1. The predicted octanol–water partition coefficient (Wildman–Crippen LogP) is 5.97. The molecule has 5 rings (SSSR count). The maximum atomic E-state index is 12.0. The molecule has 4 atom stereocenters. The van der Waals surface area contributed by atoms with E-state index in [4.69, 9.17) is 14.2 Å². The Hall–Kier alpha value is -3.96. The Morgan fingerprint density at radius 1 is 1.09 bits per heavy atom. The first kappa shape index (κ1) is 30.5. The molecule has 0 radical (unpaired) electrons. The minimum Gasteiger partial charge on any atom is -0.445 e. The fraction of sp³-hybridized carbons (Fsp3) is 0.303. The number of rotatable bonds is 11. The number of aromatic nitrogens is 3. The number of nitrogens with zero attached hydrogens (tertiary/aromatic N) is 3. The van der Waals surface area contributed by atoms with Crippen molar-refractivity contribution in [1.29, 1.82) is 0 Å². The Balaban J connectivity index is 1.35. The molecular formula is C33H36N4O5S. The lowest BCUT2D eigenvalue weighted by Gasteiger charge is -2.41. The number of aryl methyl sites for hydroxylation is 1. The van der Waals surface area contributed by atoms with E-state index in [-0.39, 0.29) is 31.3 Å². The van der Waals surface area contributed by atoms with Crippen LogP contribution in [0.15, 0.2) is 96.9 Å². The molecule has 2 N–H and O–H groups in total. The molecule has 9 nitrogen and oxygen atoms in total. The van der Waals surface area contributed by atoms with Gasteiger partial charge in [-0.1, -0.05) is 104 Å². The van der Waals surface area contributed by atoms with E-state index >= 15 is 0 Å². The molecule has 1 aliphatic rings. The highest BCUT2D eigenvalue weighted by Crippen LogP contribution is 2.43. The SMILES string of the molecule is C=CCOC(=O)NCc1ccccc1-c1ccc(C2OC(CSc3nncn3C)C(C)C(c3ccc(CO)cc3)O2)cc1. The molecule has 43 heavy (non-hydrogen) atoms. The van der Waals surface area contributed by atoms with Gasteiger partial charge in [-0.2, -0.15) is 0 Å². The van der Waals surface area contributed by atoms with Crippen LogP contribution in [0.3, 0.4) is 0 Å². The van der Waals surface area contributed by atoms with E-state index in [0.717, 1.165) is 38.5 Å². The quantitative estimate of drug-likeness (QED) is 0.160. The van der Waals surface area contributed by atoms with Gasteiger partial charge in [0.2, 0.25) is 0 Å². The van der Waals surface area contributed by atoms with Crippen molar-refractivity contribution in [2.24, 2.45) is 13.0 Å². The second-order valence-corrected chi connectivity index (χ2v) is 11.4. The van der Waals surface area contributed by atoms with Gasteiger partial charge in [-0.25, -0.2) is 4.79 Å². The topological polar surface area (TPSA) is 108 Å². The lowest BCUT2D eigenvalue weighted by molar-refractivity contribution is -0.268. The largest absolute Gasteiger partial charge is 0.445 e. The first-order valence-corrected chi connectivity index (χ1v) is 15.1. The van der Waals surface area contributed by atoms with Crippen LogP contribution < -0.4 is 5.32 Å². The zero-order chi connectivity index (χ0) is 30.2. The zero-order valence-corrected chi connectivity index (χ0v) is 25.1. The molecule has 1 aliphatic heterocycles. The number of aliphatic hydroxyl groups excluding tert-OH is 1. The molecule has 0 bridgehead atoms. The Bertz CT molecular complexity index is 1510. The fourth-order valence-corrected chi connectivity index (χ4v) is 6.05. The normalized spacial score (nSPS) is 20.0. The molecule has 3 aromatic carbocycles. The summed E-state index contributed by atoms with van der Waals surface area (Å²) in [5, 5.41) is 21.3. The minimum atomic E-state index is -0.575. The summed E-state index contributed by atoms with van der Waals surface area (Å²) in [6.45, 7) is 6.20. The van der Waals surface area contributed by atoms with E-state index in [9.17, 15) is 9.90 Å². The van der Waals surface area contributed by atoms with Crippen molar-refractivity contribution in [2.75, 3.05) is 12.4 Å². The van der Waals surface area contributed by atoms with E-state index in [0.29, 0.717) is 12.3 Å². The maximum absolute atomic E-state index is 12.0. The van der Waals surface area contributed by atoms with E-state index < -0.39 is 12.4 Å². The van der Waals surface area contributed by atoms with Gasteiger partial charge in [-0.3, -0.25) is 0 Å². The van der Waals surface area contributed by atoms with Crippen molar-refractivity contribution in [1.82, 2.24) is 20.1 Å². The molecule has 1 saturated heterocycles. The highest BCUT2D eigenvalue weighted by atomic mass is 32.2. The lowest BCUT2D eigenvalue weighted by Crippen LogP contribution is -2.38. The Morgan fingerprint density at radius 2 is 1.84 bits per heavy atom. The van der Waals surface area contributed by atoms with Gasteiger partial charge in [0, 0.05) is 30.8 Å². The number of aliphatic hydroxyl groups is 1. The van der Waals surface area contributed by atoms with Crippen LogP contribution in [-0.4, -0.2) is 44.4 Å². The molecule has 4 aromatic rings. The van der Waals surface area contributed by atoms with Crippen LogP contribution in [0, 0.1) is 5.92 Å². The molecule has 1 aromatic heterocycles. The van der Waals surface area contributed by atoms with Gasteiger partial charge in [0.05, 0.1) is 18.8 Å². The number of carbonyl (C=O) groups excluding carboxylic acids is 1. The number of ether oxygens (including phenoxy) is 3. The van der Waals surface area contributed by atoms with Crippen molar-refractivity contribution >= 4 is 17.9 Å². The van der Waals surface area contributed by atoms with Crippen LogP contribution in [0.5, 0.6) is 0 Å². The molecule has 0 spiro atoms. The highest BCUT2D eigenvalue weighted by molar-refractivity contribution is 7.99. The van der Waals surface area contributed by atoms with Gasteiger partial charge in [0.15, 0.2) is 11.4 Å². The number of thioether (sulfide) groups is 1. The molecule has 4 unspecified atom stereocenters. The second-order valence-electron chi connectivity index (χ2n) is 10.4. The highest BCUT2D eigenvalue weighted by Gasteiger charge is 2.38. The third-order valence-electron chi connectivity index (χ3n) is 7.44. The van der Waals surface area contributed by atoms with Crippen molar-refractivity contribution in [2.45, 2.75) is 43.7 Å². The van der Waals surface area contributed by atoms with E-state index in [1.54, 1.807) is 18.1 Å². The summed E-state index contributed by atoms with van der Waals surface area (Å²) >= 11 is 1.61. The molecule has 1 amide bonds. The third-order valence-corrected chi connectivity index (χ3v) is 8.56. The van der Waals surface area contributed by atoms with Crippen molar-refractivity contribution < 1.29 is 24.1 Å². The molecule has 0 aliphatic carbocycles. The molecule has 2 heterocycles. The van der Waals surface area contributed by atoms with Gasteiger partial charge < -0.3 is 29.2 Å². The monoisotopic (exact) mass is 600 g/mol. The fourth-order valence-electron chi connectivity index (χ4n) is 5.00. The number of alkyl carbamates (subject to hydrolysis) is 1. The summed E-state index contributed by atoms with van der Waals surface area (Å²) in [5.74, 6) is 0.751. The van der Waals surface area contributed by atoms with Crippen LogP contribution in [0.25, 0.3) is 11.1 Å². The summed E-state index contributed by atoms with van der Waals surface area (Å²) in [6.07, 6.45) is 1.84. The Labute approximate surface area is 255 Å². The second kappa shape index (κ2) is 14.5. The first-order chi connectivity index (χ1) is 21.0. The van der Waals surface area contributed by atoms with Crippen molar-refractivity contribution in [3.8, 4) is 11.1 Å². The molecular weight excluding hydrogens is 564 g/mol. The molecule has 0 saturated carbocycles. The van der Waals surface area contributed by atoms with Gasteiger partial charge in [0.1, 0.15) is 12.9 Å². The van der Waals surface area contributed by atoms with Crippen LogP contribution in [0.2, 0.25) is 0 Å². The van der Waals surface area contributed by atoms with E-state index in [1.807, 2.05) is 84.4 Å². The molecule has 10 heteroatoms. The summed E-state index contributed by atoms with van der Waals surface area (Å²) in [6, 6.07) is 24.0. The number of hydrogen-bond donors (Lipinski definition) is 2. The van der Waals surface area contributed by atoms with Gasteiger partial charge in [-0.15, -0.1) is 10.2 Å². The summed E-state index contributed by atoms with van der Waals surface area (Å²) in [5.41, 5.74) is 5.79. The first-order valence-electron chi connectivity index (χ1n) is 14.1. The standard InChI is InChI=1S/C33H36N4O5S/c1-4-17-40-33(39)34-18-27-7-5-6-8-28(27)24-13-15-26(16-14-24)31-41-29(20-43-32-36-35-21-37(32)3)22(2)30(42-31)25-11-9-23(19-38)10-12-25/h4-16,21-22,29-31,38H,1,17-20H2,2-3H3,(H,34,39). The number of amides is 1. The van der Waals surface area contributed by atoms with Crippen molar-refractivity contribution in [3.05, 3.63) is 114 Å². The minimum absolute atomic E-state index is 0.00496. The van der Waals surface area contributed by atoms with Gasteiger partial charge in [0.25, 0.3) is 0 Å². The number of benzene rings is 3. The van der Waals surface area contributed by atoms with Crippen molar-refractivity contribution in [3.63, 3.8) is 0 Å². The average molecular weight is 601 g/mol. The third kappa shape index (κ3) is 7.52. The van der Waals surface area contributed by atoms with Crippen LogP contribution >= 0.6 is 11.8 Å². The Kier molecular flexibility index (Phi) is 10.3.